The van der Waals surface area contributed by atoms with Crippen molar-refractivity contribution < 1.29 is 0 Å². The highest BCUT2D eigenvalue weighted by atomic mass is 14.9. The molecule has 0 saturated heterocycles. The largest absolute Gasteiger partial charge is 0.385 e. The van der Waals surface area contributed by atoms with E-state index in [9.17, 15) is 0 Å². The van der Waals surface area contributed by atoms with E-state index >= 15 is 0 Å². The van der Waals surface area contributed by atoms with Crippen LogP contribution in [0.15, 0.2) is 18.2 Å². The zero-order chi connectivity index (χ0) is 11.7. The molecule has 2 nitrogen and oxygen atoms in total. The van der Waals surface area contributed by atoms with Crippen molar-refractivity contribution in [2.75, 3.05) is 18.4 Å². The molecule has 92 valence electrons. The highest BCUT2D eigenvalue weighted by Gasteiger charge is 2.36. The fourth-order valence-corrected chi connectivity index (χ4v) is 2.62. The van der Waals surface area contributed by atoms with Gasteiger partial charge in [0.25, 0.3) is 0 Å². The molecule has 1 aliphatic carbocycles. The Kier molecular flexibility index (Phi) is 2.83. The van der Waals surface area contributed by atoms with Gasteiger partial charge in [-0.2, -0.15) is 0 Å². The van der Waals surface area contributed by atoms with Gasteiger partial charge in [0.15, 0.2) is 0 Å². The van der Waals surface area contributed by atoms with Crippen molar-refractivity contribution in [2.24, 2.45) is 5.41 Å². The average Bonchev–Trinajstić information content (AvgIpc) is 3.08. The van der Waals surface area contributed by atoms with E-state index in [0.29, 0.717) is 5.41 Å². The predicted octanol–water partition coefficient (Wildman–Crippen LogP) is 2.93. The second-order valence-electron chi connectivity index (χ2n) is 5.90. The van der Waals surface area contributed by atoms with E-state index in [1.165, 1.54) is 42.5 Å². The topological polar surface area (TPSA) is 24.1 Å². The number of nitrogens with one attached hydrogen (secondary N) is 2. The van der Waals surface area contributed by atoms with Crippen molar-refractivity contribution in [1.82, 2.24) is 5.32 Å². The number of benzene rings is 1. The number of rotatable bonds is 4. The molecule has 3 rings (SSSR count). The molecule has 17 heavy (non-hydrogen) atoms. The van der Waals surface area contributed by atoms with E-state index in [-0.39, 0.29) is 0 Å². The molecule has 1 aromatic rings. The molecule has 1 fully saturated rings. The minimum atomic E-state index is 0.599. The van der Waals surface area contributed by atoms with Crippen molar-refractivity contribution in [3.05, 3.63) is 29.3 Å². The van der Waals surface area contributed by atoms with Crippen LogP contribution in [0.5, 0.6) is 0 Å². The average molecular weight is 230 g/mol. The van der Waals surface area contributed by atoms with Crippen molar-refractivity contribution in [3.63, 3.8) is 0 Å². The summed E-state index contributed by atoms with van der Waals surface area (Å²) in [4.78, 5) is 0. The fourth-order valence-electron chi connectivity index (χ4n) is 2.62. The molecule has 0 unspecified atom stereocenters. The van der Waals surface area contributed by atoms with Crippen LogP contribution in [0.2, 0.25) is 0 Å². The molecule has 0 aromatic heterocycles. The highest BCUT2D eigenvalue weighted by Crippen LogP contribution is 2.44. The summed E-state index contributed by atoms with van der Waals surface area (Å²) in [6.45, 7) is 5.67. The zero-order valence-electron chi connectivity index (χ0n) is 10.7. The first-order chi connectivity index (χ1) is 8.27. The van der Waals surface area contributed by atoms with Crippen LogP contribution < -0.4 is 10.6 Å². The molecule has 2 aliphatic rings. The number of hydrogen-bond acceptors (Lipinski definition) is 2. The normalized spacial score (nSPS) is 20.5. The number of aryl methyl sites for hydroxylation is 1. The Bertz CT molecular complexity index is 407. The van der Waals surface area contributed by atoms with Crippen LogP contribution in [-0.2, 0) is 13.0 Å². The summed E-state index contributed by atoms with van der Waals surface area (Å²) in [5, 5.41) is 7.17. The van der Waals surface area contributed by atoms with Crippen LogP contribution in [-0.4, -0.2) is 13.1 Å². The molecule has 0 spiro atoms. The lowest BCUT2D eigenvalue weighted by atomic mass is 9.99. The second-order valence-corrected chi connectivity index (χ2v) is 5.90. The van der Waals surface area contributed by atoms with Gasteiger partial charge in [-0.25, -0.2) is 0 Å². The lowest BCUT2D eigenvalue weighted by Gasteiger charge is -2.21. The number of para-hydroxylation sites is 1. The third-order valence-electron chi connectivity index (χ3n) is 4.13. The van der Waals surface area contributed by atoms with Crippen LogP contribution in [0.3, 0.4) is 0 Å². The van der Waals surface area contributed by atoms with Crippen LogP contribution in [0, 0.1) is 5.41 Å². The molecule has 2 N–H and O–H groups in total. The van der Waals surface area contributed by atoms with Crippen molar-refractivity contribution >= 4 is 5.69 Å². The van der Waals surface area contributed by atoms with Crippen molar-refractivity contribution in [1.29, 1.82) is 0 Å². The Morgan fingerprint density at radius 3 is 3.06 bits per heavy atom. The van der Waals surface area contributed by atoms with Gasteiger partial charge < -0.3 is 10.6 Å². The van der Waals surface area contributed by atoms with Gasteiger partial charge in [-0.05, 0) is 42.2 Å². The minimum absolute atomic E-state index is 0.599. The summed E-state index contributed by atoms with van der Waals surface area (Å²) in [7, 11) is 0. The molecule has 0 atom stereocenters. The zero-order valence-corrected chi connectivity index (χ0v) is 10.7. The van der Waals surface area contributed by atoms with E-state index < -0.39 is 0 Å². The van der Waals surface area contributed by atoms with Crippen molar-refractivity contribution in [3.8, 4) is 0 Å². The third kappa shape index (κ3) is 2.47. The Labute approximate surface area is 104 Å². The van der Waals surface area contributed by atoms with Crippen molar-refractivity contribution in [2.45, 2.75) is 39.2 Å². The number of hydrogen-bond donors (Lipinski definition) is 2. The summed E-state index contributed by atoms with van der Waals surface area (Å²) < 4.78 is 0. The molecule has 0 radical (unpaired) electrons. The standard InChI is InChI=1S/C15H22N2/c1-15(7-8-15)11-16-10-13-5-2-4-12-6-3-9-17-14(12)13/h2,4-5,16-17H,3,6-11H2,1H3. The minimum Gasteiger partial charge on any atom is -0.385 e. The molecule has 1 heterocycles. The molecule has 1 aliphatic heterocycles. The van der Waals surface area contributed by atoms with Gasteiger partial charge in [-0.1, -0.05) is 25.1 Å². The van der Waals surface area contributed by atoms with E-state index in [1.807, 2.05) is 0 Å². The summed E-state index contributed by atoms with van der Waals surface area (Å²) >= 11 is 0. The van der Waals surface area contributed by atoms with Gasteiger partial charge >= 0.3 is 0 Å². The number of anilines is 1. The smallest absolute Gasteiger partial charge is 0.0418 e. The first-order valence-electron chi connectivity index (χ1n) is 6.82. The first-order valence-corrected chi connectivity index (χ1v) is 6.82. The quantitative estimate of drug-likeness (QED) is 0.831. The fraction of sp³-hybridized carbons (Fsp3) is 0.600. The summed E-state index contributed by atoms with van der Waals surface area (Å²) in [5.74, 6) is 0. The Hall–Kier alpha value is -1.02. The number of fused-ring (bicyclic) bond motifs is 1. The highest BCUT2D eigenvalue weighted by molar-refractivity contribution is 5.59. The monoisotopic (exact) mass is 230 g/mol. The van der Waals surface area contributed by atoms with Gasteiger partial charge in [0.1, 0.15) is 0 Å². The van der Waals surface area contributed by atoms with E-state index in [0.717, 1.165) is 19.6 Å². The third-order valence-corrected chi connectivity index (χ3v) is 4.13. The molecule has 0 amide bonds. The summed E-state index contributed by atoms with van der Waals surface area (Å²) in [6.07, 6.45) is 5.28. The molecule has 2 heteroatoms. The maximum Gasteiger partial charge on any atom is 0.0418 e. The maximum atomic E-state index is 3.61. The molecule has 1 saturated carbocycles. The maximum absolute atomic E-state index is 3.61. The molecular formula is C15H22N2. The van der Waals surface area contributed by atoms with Crippen LogP contribution in [0.1, 0.15) is 37.3 Å². The SMILES string of the molecule is CC1(CNCc2cccc3c2NCCC3)CC1. The van der Waals surface area contributed by atoms with Crippen LogP contribution in [0.25, 0.3) is 0 Å². The predicted molar refractivity (Wildman–Crippen MR) is 72.3 cm³/mol. The molecule has 1 aromatic carbocycles. The van der Waals surface area contributed by atoms with Crippen LogP contribution in [0.4, 0.5) is 5.69 Å². The molecule has 0 bridgehead atoms. The van der Waals surface area contributed by atoms with Gasteiger partial charge in [-0.15, -0.1) is 0 Å². The first kappa shape index (κ1) is 11.1. The van der Waals surface area contributed by atoms with Gasteiger partial charge in [0, 0.05) is 25.3 Å². The summed E-state index contributed by atoms with van der Waals surface area (Å²) in [5.41, 5.74) is 4.93. The van der Waals surface area contributed by atoms with E-state index in [4.69, 9.17) is 0 Å². The lowest BCUT2D eigenvalue weighted by Crippen LogP contribution is -2.23. The summed E-state index contributed by atoms with van der Waals surface area (Å²) in [6, 6.07) is 6.70. The Morgan fingerprint density at radius 2 is 2.24 bits per heavy atom. The van der Waals surface area contributed by atoms with Gasteiger partial charge in [0.05, 0.1) is 0 Å². The molecular weight excluding hydrogens is 208 g/mol. The Balaban J connectivity index is 1.65. The van der Waals surface area contributed by atoms with Gasteiger partial charge in [0.2, 0.25) is 0 Å². The lowest BCUT2D eigenvalue weighted by molar-refractivity contribution is 0.499. The second kappa shape index (κ2) is 4.34. The van der Waals surface area contributed by atoms with Crippen LogP contribution >= 0.6 is 0 Å². The van der Waals surface area contributed by atoms with E-state index in [1.54, 1.807) is 0 Å². The Morgan fingerprint density at radius 1 is 1.35 bits per heavy atom. The van der Waals surface area contributed by atoms with E-state index in [2.05, 4.69) is 35.8 Å². The van der Waals surface area contributed by atoms with Gasteiger partial charge in [-0.3, -0.25) is 0 Å².